The zero-order valence-corrected chi connectivity index (χ0v) is 15.4. The second-order valence-corrected chi connectivity index (χ2v) is 7.45. The van der Waals surface area contributed by atoms with Gasteiger partial charge in [-0.1, -0.05) is 29.3 Å². The Kier molecular flexibility index (Phi) is 4.29. The molecule has 1 aromatic carbocycles. The summed E-state index contributed by atoms with van der Waals surface area (Å²) in [5.41, 5.74) is 1.01. The molecule has 25 heavy (non-hydrogen) atoms. The summed E-state index contributed by atoms with van der Waals surface area (Å²) < 4.78 is 0. The standard InChI is InChI=1S/C16H12Cl2N6S/c1-8-4-10-13(19-6-9-2-3-11(17)12(18)5-9)22-15(23-16(10)25-8)14-20-7-21-24-14/h2-5,7H,6H2,1H3,(H,19,22,23)(H,20,21,24). The van der Waals surface area contributed by atoms with E-state index in [0.717, 1.165) is 26.5 Å². The van der Waals surface area contributed by atoms with Gasteiger partial charge in [0.25, 0.3) is 0 Å². The normalized spacial score (nSPS) is 11.2. The lowest BCUT2D eigenvalue weighted by molar-refractivity contribution is 1.06. The Hall–Kier alpha value is -2.22. The smallest absolute Gasteiger partial charge is 0.218 e. The lowest BCUT2D eigenvalue weighted by Crippen LogP contribution is -2.04. The molecule has 0 aliphatic rings. The van der Waals surface area contributed by atoms with Gasteiger partial charge in [-0.2, -0.15) is 5.10 Å². The number of aromatic nitrogens is 5. The summed E-state index contributed by atoms with van der Waals surface area (Å²) in [5.74, 6) is 1.68. The molecule has 4 rings (SSSR count). The summed E-state index contributed by atoms with van der Waals surface area (Å²) in [6.07, 6.45) is 1.51. The van der Waals surface area contributed by atoms with E-state index in [4.69, 9.17) is 23.2 Å². The molecular formula is C16H12Cl2N6S. The SMILES string of the molecule is Cc1cc2c(NCc3ccc(Cl)c(Cl)c3)nc(-c3nc[nH]n3)nc2s1. The van der Waals surface area contributed by atoms with Gasteiger partial charge in [-0.05, 0) is 30.7 Å². The number of hydrogen-bond donors (Lipinski definition) is 2. The molecule has 0 aliphatic heterocycles. The lowest BCUT2D eigenvalue weighted by atomic mass is 10.2. The first-order valence-corrected chi connectivity index (χ1v) is 8.99. The summed E-state index contributed by atoms with van der Waals surface area (Å²) >= 11 is 13.7. The molecule has 0 saturated heterocycles. The van der Waals surface area contributed by atoms with Gasteiger partial charge < -0.3 is 5.32 Å². The molecule has 0 unspecified atom stereocenters. The number of nitrogens with one attached hydrogen (secondary N) is 2. The van der Waals surface area contributed by atoms with Gasteiger partial charge in [0, 0.05) is 11.4 Å². The summed E-state index contributed by atoms with van der Waals surface area (Å²) in [6, 6.07) is 7.61. The third-order valence-electron chi connectivity index (χ3n) is 3.57. The number of hydrogen-bond acceptors (Lipinski definition) is 6. The Morgan fingerprint density at radius 3 is 2.76 bits per heavy atom. The predicted molar refractivity (Wildman–Crippen MR) is 101 cm³/mol. The topological polar surface area (TPSA) is 79.4 Å². The number of anilines is 1. The van der Waals surface area contributed by atoms with Crippen LogP contribution in [-0.2, 0) is 6.54 Å². The Labute approximate surface area is 157 Å². The van der Waals surface area contributed by atoms with E-state index in [1.165, 1.54) is 6.33 Å². The van der Waals surface area contributed by atoms with Crippen molar-refractivity contribution in [2.24, 2.45) is 0 Å². The van der Waals surface area contributed by atoms with E-state index in [9.17, 15) is 0 Å². The van der Waals surface area contributed by atoms with Crippen LogP contribution in [0.15, 0.2) is 30.6 Å². The van der Waals surface area contributed by atoms with Crippen LogP contribution in [0.5, 0.6) is 0 Å². The maximum absolute atomic E-state index is 6.08. The molecule has 0 aliphatic carbocycles. The average Bonchev–Trinajstić information content (AvgIpc) is 3.24. The second kappa shape index (κ2) is 6.59. The molecule has 2 N–H and O–H groups in total. The number of aryl methyl sites for hydroxylation is 1. The number of thiophene rings is 1. The molecule has 0 atom stereocenters. The van der Waals surface area contributed by atoms with Crippen LogP contribution >= 0.6 is 34.5 Å². The molecular weight excluding hydrogens is 379 g/mol. The fourth-order valence-corrected chi connectivity index (χ4v) is 3.63. The van der Waals surface area contributed by atoms with Crippen LogP contribution in [-0.4, -0.2) is 25.1 Å². The maximum Gasteiger partial charge on any atom is 0.218 e. The first-order valence-electron chi connectivity index (χ1n) is 7.42. The fourth-order valence-electron chi connectivity index (χ4n) is 2.43. The van der Waals surface area contributed by atoms with Crippen molar-refractivity contribution in [3.63, 3.8) is 0 Å². The summed E-state index contributed by atoms with van der Waals surface area (Å²) in [7, 11) is 0. The molecule has 0 amide bonds. The third-order valence-corrected chi connectivity index (χ3v) is 5.26. The molecule has 4 aromatic rings. The van der Waals surface area contributed by atoms with Gasteiger partial charge in [-0.3, -0.25) is 5.10 Å². The third kappa shape index (κ3) is 3.30. The van der Waals surface area contributed by atoms with E-state index in [1.807, 2.05) is 19.1 Å². The molecule has 6 nitrogen and oxygen atoms in total. The Morgan fingerprint density at radius 2 is 2.00 bits per heavy atom. The first-order chi connectivity index (χ1) is 12.1. The molecule has 0 radical (unpaired) electrons. The van der Waals surface area contributed by atoms with E-state index in [1.54, 1.807) is 17.4 Å². The molecule has 0 saturated carbocycles. The molecule has 3 aromatic heterocycles. The molecule has 126 valence electrons. The lowest BCUT2D eigenvalue weighted by Gasteiger charge is -2.09. The quantitative estimate of drug-likeness (QED) is 0.527. The van der Waals surface area contributed by atoms with Gasteiger partial charge in [0.2, 0.25) is 11.6 Å². The van der Waals surface area contributed by atoms with E-state index < -0.39 is 0 Å². The van der Waals surface area contributed by atoms with Crippen molar-refractivity contribution in [2.75, 3.05) is 5.32 Å². The van der Waals surface area contributed by atoms with Crippen LogP contribution in [0.3, 0.4) is 0 Å². The highest BCUT2D eigenvalue weighted by atomic mass is 35.5. The number of H-pyrrole nitrogens is 1. The van der Waals surface area contributed by atoms with Crippen LogP contribution in [0.4, 0.5) is 5.82 Å². The van der Waals surface area contributed by atoms with Crippen molar-refractivity contribution in [1.29, 1.82) is 0 Å². The van der Waals surface area contributed by atoms with Crippen LogP contribution < -0.4 is 5.32 Å². The molecule has 0 spiro atoms. The monoisotopic (exact) mass is 390 g/mol. The van der Waals surface area contributed by atoms with Crippen molar-refractivity contribution in [1.82, 2.24) is 25.1 Å². The van der Waals surface area contributed by atoms with Crippen LogP contribution in [0.2, 0.25) is 10.0 Å². The summed E-state index contributed by atoms with van der Waals surface area (Å²) in [5, 5.41) is 12.1. The van der Waals surface area contributed by atoms with E-state index in [-0.39, 0.29) is 0 Å². The average molecular weight is 391 g/mol. The van der Waals surface area contributed by atoms with E-state index in [0.29, 0.717) is 28.2 Å². The van der Waals surface area contributed by atoms with E-state index >= 15 is 0 Å². The van der Waals surface area contributed by atoms with Crippen molar-refractivity contribution < 1.29 is 0 Å². The zero-order chi connectivity index (χ0) is 17.4. The van der Waals surface area contributed by atoms with Crippen molar-refractivity contribution >= 4 is 50.6 Å². The highest BCUT2D eigenvalue weighted by Gasteiger charge is 2.14. The van der Waals surface area contributed by atoms with Crippen LogP contribution in [0.25, 0.3) is 21.9 Å². The van der Waals surface area contributed by atoms with E-state index in [2.05, 4.69) is 36.5 Å². The van der Waals surface area contributed by atoms with Crippen LogP contribution in [0, 0.1) is 6.92 Å². The number of benzene rings is 1. The van der Waals surface area contributed by atoms with Gasteiger partial charge >= 0.3 is 0 Å². The zero-order valence-electron chi connectivity index (χ0n) is 13.0. The number of halogens is 2. The maximum atomic E-state index is 6.08. The van der Waals surface area contributed by atoms with Crippen LogP contribution in [0.1, 0.15) is 10.4 Å². The minimum atomic E-state index is 0.463. The highest BCUT2D eigenvalue weighted by Crippen LogP contribution is 2.31. The largest absolute Gasteiger partial charge is 0.365 e. The van der Waals surface area contributed by atoms with Crippen molar-refractivity contribution in [3.8, 4) is 11.6 Å². The number of rotatable bonds is 4. The van der Waals surface area contributed by atoms with Gasteiger partial charge in [0.15, 0.2) is 0 Å². The highest BCUT2D eigenvalue weighted by molar-refractivity contribution is 7.18. The van der Waals surface area contributed by atoms with Crippen molar-refractivity contribution in [2.45, 2.75) is 13.5 Å². The Balaban J connectivity index is 1.70. The molecule has 0 bridgehead atoms. The summed E-state index contributed by atoms with van der Waals surface area (Å²) in [4.78, 5) is 15.3. The van der Waals surface area contributed by atoms with Crippen molar-refractivity contribution in [3.05, 3.63) is 51.1 Å². The summed E-state index contributed by atoms with van der Waals surface area (Å²) in [6.45, 7) is 2.60. The minimum Gasteiger partial charge on any atom is -0.365 e. The molecule has 3 heterocycles. The number of fused-ring (bicyclic) bond motifs is 1. The molecule has 9 heteroatoms. The number of aromatic amines is 1. The second-order valence-electron chi connectivity index (χ2n) is 5.40. The molecule has 0 fully saturated rings. The van der Waals surface area contributed by atoms with Gasteiger partial charge in [0.1, 0.15) is 17.0 Å². The Morgan fingerprint density at radius 1 is 1.12 bits per heavy atom. The predicted octanol–water partition coefficient (Wildman–Crippen LogP) is 4.70. The van der Waals surface area contributed by atoms with Gasteiger partial charge in [-0.15, -0.1) is 11.3 Å². The Bertz CT molecular complexity index is 1040. The van der Waals surface area contributed by atoms with Gasteiger partial charge in [-0.25, -0.2) is 15.0 Å². The van der Waals surface area contributed by atoms with Gasteiger partial charge in [0.05, 0.1) is 15.4 Å². The minimum absolute atomic E-state index is 0.463. The fraction of sp³-hybridized carbons (Fsp3) is 0.125. The number of nitrogens with zero attached hydrogens (tertiary/aromatic N) is 4. The first kappa shape index (κ1) is 16.3.